The van der Waals surface area contributed by atoms with Gasteiger partial charge in [0.05, 0.1) is 23.4 Å². The molecule has 4 nitrogen and oxygen atoms in total. The summed E-state index contributed by atoms with van der Waals surface area (Å²) < 4.78 is 5.63. The highest BCUT2D eigenvalue weighted by Crippen LogP contribution is 2.28. The van der Waals surface area contributed by atoms with Gasteiger partial charge in [-0.25, -0.2) is 0 Å². The fourth-order valence-electron chi connectivity index (χ4n) is 3.27. The van der Waals surface area contributed by atoms with Crippen LogP contribution in [0.25, 0.3) is 0 Å². The number of hydrogen-bond donors (Lipinski definition) is 0. The SMILES string of the molecule is C[C@@H]1CN(C2CCN(c3ccncc3Cl)CC2)CCO1. The van der Waals surface area contributed by atoms with Gasteiger partial charge in [-0.2, -0.15) is 0 Å². The van der Waals surface area contributed by atoms with Crippen molar-refractivity contribution in [3.63, 3.8) is 0 Å². The molecule has 3 rings (SSSR count). The van der Waals surface area contributed by atoms with Gasteiger partial charge < -0.3 is 9.64 Å². The molecule has 2 aliphatic heterocycles. The zero-order valence-electron chi connectivity index (χ0n) is 12.0. The van der Waals surface area contributed by atoms with Gasteiger partial charge in [0, 0.05) is 44.6 Å². The molecule has 110 valence electrons. The van der Waals surface area contributed by atoms with Crippen molar-refractivity contribution >= 4 is 17.3 Å². The van der Waals surface area contributed by atoms with Crippen molar-refractivity contribution in [3.8, 4) is 0 Å². The first-order valence-electron chi connectivity index (χ1n) is 7.44. The number of aromatic nitrogens is 1. The molecule has 1 aromatic heterocycles. The number of piperidine rings is 1. The van der Waals surface area contributed by atoms with Crippen LogP contribution >= 0.6 is 11.6 Å². The first-order chi connectivity index (χ1) is 9.74. The van der Waals surface area contributed by atoms with E-state index in [0.717, 1.165) is 43.5 Å². The zero-order valence-corrected chi connectivity index (χ0v) is 12.7. The van der Waals surface area contributed by atoms with Crippen LogP contribution in [0.2, 0.25) is 5.02 Å². The number of anilines is 1. The lowest BCUT2D eigenvalue weighted by Crippen LogP contribution is -2.51. The zero-order chi connectivity index (χ0) is 13.9. The third-order valence-corrected chi connectivity index (χ3v) is 4.64. The van der Waals surface area contributed by atoms with Crippen molar-refractivity contribution in [2.75, 3.05) is 37.7 Å². The molecular weight excluding hydrogens is 274 g/mol. The van der Waals surface area contributed by atoms with E-state index in [2.05, 4.69) is 21.7 Å². The van der Waals surface area contributed by atoms with E-state index in [1.165, 1.54) is 12.8 Å². The van der Waals surface area contributed by atoms with Crippen molar-refractivity contribution in [3.05, 3.63) is 23.5 Å². The molecule has 2 aliphatic rings. The Morgan fingerprint density at radius 2 is 2.10 bits per heavy atom. The predicted octanol–water partition coefficient (Wildman–Crippen LogP) is 2.42. The fourth-order valence-corrected chi connectivity index (χ4v) is 3.51. The van der Waals surface area contributed by atoms with Crippen molar-refractivity contribution < 1.29 is 4.74 Å². The van der Waals surface area contributed by atoms with E-state index in [1.54, 1.807) is 6.20 Å². The Kier molecular flexibility index (Phi) is 4.44. The van der Waals surface area contributed by atoms with E-state index in [0.29, 0.717) is 12.1 Å². The largest absolute Gasteiger partial charge is 0.376 e. The molecule has 0 unspecified atom stereocenters. The third-order valence-electron chi connectivity index (χ3n) is 4.35. The van der Waals surface area contributed by atoms with E-state index in [9.17, 15) is 0 Å². The number of rotatable bonds is 2. The Hall–Kier alpha value is -0.840. The molecule has 1 aromatic rings. The van der Waals surface area contributed by atoms with Crippen LogP contribution in [-0.4, -0.2) is 54.8 Å². The first kappa shape index (κ1) is 14.1. The Morgan fingerprint density at radius 1 is 1.30 bits per heavy atom. The highest BCUT2D eigenvalue weighted by Gasteiger charge is 2.28. The van der Waals surface area contributed by atoms with Crippen molar-refractivity contribution in [1.29, 1.82) is 0 Å². The van der Waals surface area contributed by atoms with Crippen molar-refractivity contribution in [1.82, 2.24) is 9.88 Å². The van der Waals surface area contributed by atoms with Crippen molar-refractivity contribution in [2.45, 2.75) is 31.9 Å². The minimum atomic E-state index is 0.372. The van der Waals surface area contributed by atoms with Gasteiger partial charge in [0.2, 0.25) is 0 Å². The van der Waals surface area contributed by atoms with Gasteiger partial charge in [0.25, 0.3) is 0 Å². The van der Waals surface area contributed by atoms with Gasteiger partial charge >= 0.3 is 0 Å². The van der Waals surface area contributed by atoms with Gasteiger partial charge in [-0.1, -0.05) is 11.6 Å². The van der Waals surface area contributed by atoms with E-state index < -0.39 is 0 Å². The fraction of sp³-hybridized carbons (Fsp3) is 0.667. The Labute approximate surface area is 125 Å². The van der Waals surface area contributed by atoms with Gasteiger partial charge in [-0.3, -0.25) is 9.88 Å². The molecule has 3 heterocycles. The summed E-state index contributed by atoms with van der Waals surface area (Å²) >= 11 is 6.23. The van der Waals surface area contributed by atoms with Gasteiger partial charge in [-0.05, 0) is 25.8 Å². The lowest BCUT2D eigenvalue weighted by atomic mass is 10.0. The van der Waals surface area contributed by atoms with Crippen LogP contribution in [0.5, 0.6) is 0 Å². The number of hydrogen-bond acceptors (Lipinski definition) is 4. The van der Waals surface area contributed by atoms with Crippen LogP contribution in [0, 0.1) is 0 Å². The Balaban J connectivity index is 1.58. The molecule has 0 aromatic carbocycles. The molecule has 0 amide bonds. The third kappa shape index (κ3) is 3.08. The topological polar surface area (TPSA) is 28.6 Å². The Bertz CT molecular complexity index is 448. The lowest BCUT2D eigenvalue weighted by molar-refractivity contribution is -0.0373. The average Bonchev–Trinajstić information content (AvgIpc) is 2.48. The maximum atomic E-state index is 6.23. The monoisotopic (exact) mass is 295 g/mol. The summed E-state index contributed by atoms with van der Waals surface area (Å²) in [5, 5.41) is 0.756. The number of pyridine rings is 1. The summed E-state index contributed by atoms with van der Waals surface area (Å²) in [5.74, 6) is 0. The second-order valence-electron chi connectivity index (χ2n) is 5.72. The summed E-state index contributed by atoms with van der Waals surface area (Å²) in [6.07, 6.45) is 6.32. The average molecular weight is 296 g/mol. The highest BCUT2D eigenvalue weighted by atomic mass is 35.5. The van der Waals surface area contributed by atoms with E-state index in [4.69, 9.17) is 16.3 Å². The smallest absolute Gasteiger partial charge is 0.0822 e. The molecule has 0 bridgehead atoms. The molecular formula is C15H22ClN3O. The van der Waals surface area contributed by atoms with Crippen LogP contribution in [-0.2, 0) is 4.74 Å². The molecule has 20 heavy (non-hydrogen) atoms. The molecule has 2 saturated heterocycles. The summed E-state index contributed by atoms with van der Waals surface area (Å²) in [4.78, 5) is 9.03. The maximum absolute atomic E-state index is 6.23. The first-order valence-corrected chi connectivity index (χ1v) is 7.82. The standard InChI is InChI=1S/C15H22ClN3O/c1-12-11-19(8-9-20-12)13-3-6-18(7-4-13)15-2-5-17-10-14(15)16/h2,5,10,12-13H,3-4,6-9,11H2,1H3/t12-/m1/s1. The Morgan fingerprint density at radius 3 is 2.80 bits per heavy atom. The summed E-state index contributed by atoms with van der Waals surface area (Å²) in [6, 6.07) is 2.71. The quantitative estimate of drug-likeness (QED) is 0.838. The highest BCUT2D eigenvalue weighted by molar-refractivity contribution is 6.33. The van der Waals surface area contributed by atoms with Crippen LogP contribution in [0.1, 0.15) is 19.8 Å². The van der Waals surface area contributed by atoms with Gasteiger partial charge in [0.1, 0.15) is 0 Å². The normalized spacial score (nSPS) is 25.9. The van der Waals surface area contributed by atoms with Crippen LogP contribution in [0.3, 0.4) is 0 Å². The van der Waals surface area contributed by atoms with Gasteiger partial charge in [0.15, 0.2) is 0 Å². The second-order valence-corrected chi connectivity index (χ2v) is 6.13. The molecule has 1 atom stereocenters. The molecule has 0 spiro atoms. The van der Waals surface area contributed by atoms with E-state index in [1.807, 2.05) is 12.3 Å². The predicted molar refractivity (Wildman–Crippen MR) is 81.5 cm³/mol. The van der Waals surface area contributed by atoms with Crippen LogP contribution < -0.4 is 4.90 Å². The number of ether oxygens (including phenoxy) is 1. The van der Waals surface area contributed by atoms with Crippen LogP contribution in [0.15, 0.2) is 18.5 Å². The molecule has 2 fully saturated rings. The van der Waals surface area contributed by atoms with E-state index in [-0.39, 0.29) is 0 Å². The summed E-state index contributed by atoms with van der Waals surface area (Å²) in [6.45, 7) is 7.32. The minimum Gasteiger partial charge on any atom is -0.376 e. The number of nitrogens with zero attached hydrogens (tertiary/aromatic N) is 3. The summed E-state index contributed by atoms with van der Waals surface area (Å²) in [5.41, 5.74) is 1.12. The molecule has 0 aliphatic carbocycles. The van der Waals surface area contributed by atoms with E-state index >= 15 is 0 Å². The van der Waals surface area contributed by atoms with Crippen LogP contribution in [0.4, 0.5) is 5.69 Å². The number of morpholine rings is 1. The van der Waals surface area contributed by atoms with Crippen molar-refractivity contribution in [2.24, 2.45) is 0 Å². The molecule has 0 radical (unpaired) electrons. The number of halogens is 1. The molecule has 0 saturated carbocycles. The lowest BCUT2D eigenvalue weighted by Gasteiger charge is -2.42. The second kappa shape index (κ2) is 6.29. The molecule has 0 N–H and O–H groups in total. The maximum Gasteiger partial charge on any atom is 0.0822 e. The van der Waals surface area contributed by atoms with Gasteiger partial charge in [-0.15, -0.1) is 0 Å². The minimum absolute atomic E-state index is 0.372. The molecule has 5 heteroatoms. The summed E-state index contributed by atoms with van der Waals surface area (Å²) in [7, 11) is 0.